The molecule has 1 N–H and O–H groups in total. The lowest BCUT2D eigenvalue weighted by Gasteiger charge is -2.31. The van der Waals surface area contributed by atoms with Crippen LogP contribution in [0.5, 0.6) is 0 Å². The Hall–Kier alpha value is -1.88. The molecule has 1 aromatic rings. The van der Waals surface area contributed by atoms with E-state index in [1.165, 1.54) is 5.56 Å². The lowest BCUT2D eigenvalue weighted by Crippen LogP contribution is -2.47. The molecule has 2 rings (SSSR count). The van der Waals surface area contributed by atoms with Gasteiger partial charge in [0.15, 0.2) is 0 Å². The normalized spacial score (nSPS) is 14.6. The third kappa shape index (κ3) is 5.06. The number of nitrogens with one attached hydrogen (secondary N) is 1. The maximum absolute atomic E-state index is 12.6. The van der Waals surface area contributed by atoms with Gasteiger partial charge < -0.3 is 10.2 Å². The van der Waals surface area contributed by atoms with Gasteiger partial charge in [0.05, 0.1) is 13.1 Å². The van der Waals surface area contributed by atoms with Gasteiger partial charge in [0.1, 0.15) is 0 Å². The predicted molar refractivity (Wildman–Crippen MR) is 92.5 cm³/mol. The molecule has 1 aromatic carbocycles. The van der Waals surface area contributed by atoms with E-state index in [4.69, 9.17) is 0 Å². The first-order valence-corrected chi connectivity index (χ1v) is 8.14. The number of hydrogen-bond donors (Lipinski definition) is 1. The van der Waals surface area contributed by atoms with Gasteiger partial charge in [-0.2, -0.15) is 0 Å². The topological polar surface area (TPSA) is 52.7 Å². The summed E-state index contributed by atoms with van der Waals surface area (Å²) in [5.41, 5.74) is 1.98. The standard InChI is InChI=1S/C18H27N3O2/c1-18(2,3)19-16(22)12-20(4)13-17(23)21-11-7-9-14-8-5-6-10-15(14)21/h5-6,8,10H,7,9,11-13H2,1-4H3,(H,19,22). The molecule has 0 aromatic heterocycles. The number of likely N-dealkylation sites (N-methyl/N-ethyl adjacent to an activating group) is 1. The first-order chi connectivity index (χ1) is 10.8. The summed E-state index contributed by atoms with van der Waals surface area (Å²) in [5, 5.41) is 2.91. The van der Waals surface area contributed by atoms with Crippen LogP contribution in [0.25, 0.3) is 0 Å². The molecule has 0 spiro atoms. The second-order valence-corrected chi connectivity index (χ2v) is 7.25. The fraction of sp³-hybridized carbons (Fsp3) is 0.556. The molecule has 0 saturated heterocycles. The van der Waals surface area contributed by atoms with Gasteiger partial charge in [-0.25, -0.2) is 0 Å². The number of fused-ring (bicyclic) bond motifs is 1. The van der Waals surface area contributed by atoms with E-state index in [1.807, 2.05) is 43.9 Å². The van der Waals surface area contributed by atoms with Crippen molar-refractivity contribution < 1.29 is 9.59 Å². The number of carbonyl (C=O) groups is 2. The Balaban J connectivity index is 1.93. The Kier molecular flexibility index (Phi) is 5.42. The molecule has 0 radical (unpaired) electrons. The number of para-hydroxylation sites is 1. The summed E-state index contributed by atoms with van der Waals surface area (Å²) >= 11 is 0. The summed E-state index contributed by atoms with van der Waals surface area (Å²) in [4.78, 5) is 28.1. The number of carbonyl (C=O) groups excluding carboxylic acids is 2. The molecule has 5 nitrogen and oxygen atoms in total. The molecule has 1 aliphatic heterocycles. The van der Waals surface area contributed by atoms with Crippen LogP contribution in [-0.2, 0) is 16.0 Å². The molecule has 0 unspecified atom stereocenters. The molecule has 0 bridgehead atoms. The van der Waals surface area contributed by atoms with Crippen LogP contribution in [-0.4, -0.2) is 48.9 Å². The number of aryl methyl sites for hydroxylation is 1. The van der Waals surface area contributed by atoms with Crippen molar-refractivity contribution in [2.75, 3.05) is 31.6 Å². The quantitative estimate of drug-likeness (QED) is 0.921. The molecule has 1 heterocycles. The molecule has 0 fully saturated rings. The minimum Gasteiger partial charge on any atom is -0.350 e. The largest absolute Gasteiger partial charge is 0.350 e. The van der Waals surface area contributed by atoms with Crippen molar-refractivity contribution in [1.29, 1.82) is 0 Å². The van der Waals surface area contributed by atoms with Crippen LogP contribution in [0.2, 0.25) is 0 Å². The van der Waals surface area contributed by atoms with Crippen molar-refractivity contribution in [2.24, 2.45) is 0 Å². The van der Waals surface area contributed by atoms with Gasteiger partial charge in [0, 0.05) is 17.8 Å². The average molecular weight is 317 g/mol. The van der Waals surface area contributed by atoms with Gasteiger partial charge in [-0.15, -0.1) is 0 Å². The number of hydrogen-bond acceptors (Lipinski definition) is 3. The van der Waals surface area contributed by atoms with Gasteiger partial charge in [-0.1, -0.05) is 18.2 Å². The van der Waals surface area contributed by atoms with Gasteiger partial charge in [-0.05, 0) is 52.3 Å². The van der Waals surface area contributed by atoms with E-state index >= 15 is 0 Å². The summed E-state index contributed by atoms with van der Waals surface area (Å²) in [5.74, 6) is -0.0185. The average Bonchev–Trinajstić information content (AvgIpc) is 2.44. The number of nitrogens with zero attached hydrogens (tertiary/aromatic N) is 2. The van der Waals surface area contributed by atoms with Crippen molar-refractivity contribution in [1.82, 2.24) is 10.2 Å². The van der Waals surface area contributed by atoms with Crippen LogP contribution in [0.1, 0.15) is 32.8 Å². The monoisotopic (exact) mass is 317 g/mol. The third-order valence-electron chi connectivity index (χ3n) is 3.74. The van der Waals surface area contributed by atoms with Gasteiger partial charge >= 0.3 is 0 Å². The summed E-state index contributed by atoms with van der Waals surface area (Å²) < 4.78 is 0. The molecule has 1 aliphatic rings. The molecule has 126 valence electrons. The van der Waals surface area contributed by atoms with Crippen LogP contribution in [0.4, 0.5) is 5.69 Å². The van der Waals surface area contributed by atoms with E-state index in [-0.39, 0.29) is 30.4 Å². The van der Waals surface area contributed by atoms with Gasteiger partial charge in [0.25, 0.3) is 0 Å². The summed E-state index contributed by atoms with van der Waals surface area (Å²) in [7, 11) is 1.80. The summed E-state index contributed by atoms with van der Waals surface area (Å²) in [6, 6.07) is 8.05. The number of benzene rings is 1. The van der Waals surface area contributed by atoms with Crippen molar-refractivity contribution in [3.05, 3.63) is 29.8 Å². The zero-order valence-electron chi connectivity index (χ0n) is 14.6. The Morgan fingerprint density at radius 1 is 1.22 bits per heavy atom. The molecule has 23 heavy (non-hydrogen) atoms. The van der Waals surface area contributed by atoms with Crippen LogP contribution in [0, 0.1) is 0 Å². The van der Waals surface area contributed by atoms with Crippen LogP contribution in [0.15, 0.2) is 24.3 Å². The van der Waals surface area contributed by atoms with E-state index in [2.05, 4.69) is 11.4 Å². The Morgan fingerprint density at radius 3 is 2.61 bits per heavy atom. The van der Waals surface area contributed by atoms with E-state index < -0.39 is 0 Å². The fourth-order valence-electron chi connectivity index (χ4n) is 2.87. The summed E-state index contributed by atoms with van der Waals surface area (Å²) in [6.07, 6.45) is 2.00. The molecule has 2 amide bonds. The predicted octanol–water partition coefficient (Wildman–Crippen LogP) is 1.81. The van der Waals surface area contributed by atoms with E-state index in [1.54, 1.807) is 11.9 Å². The summed E-state index contributed by atoms with van der Waals surface area (Å²) in [6.45, 7) is 7.05. The molecule has 5 heteroatoms. The van der Waals surface area contributed by atoms with Gasteiger partial charge in [-0.3, -0.25) is 14.5 Å². The Bertz CT molecular complexity index is 578. The number of rotatable bonds is 4. The molecular weight excluding hydrogens is 290 g/mol. The maximum Gasteiger partial charge on any atom is 0.241 e. The zero-order chi connectivity index (χ0) is 17.0. The zero-order valence-corrected chi connectivity index (χ0v) is 14.6. The van der Waals surface area contributed by atoms with E-state index in [0.717, 1.165) is 25.1 Å². The third-order valence-corrected chi connectivity index (χ3v) is 3.74. The van der Waals surface area contributed by atoms with Crippen LogP contribution in [0.3, 0.4) is 0 Å². The van der Waals surface area contributed by atoms with Crippen LogP contribution < -0.4 is 10.2 Å². The minimum absolute atomic E-state index is 0.0446. The van der Waals surface area contributed by atoms with E-state index in [0.29, 0.717) is 0 Å². The van der Waals surface area contributed by atoms with Gasteiger partial charge in [0.2, 0.25) is 11.8 Å². The minimum atomic E-state index is -0.256. The highest BCUT2D eigenvalue weighted by Crippen LogP contribution is 2.26. The van der Waals surface area contributed by atoms with Crippen molar-refractivity contribution >= 4 is 17.5 Å². The Morgan fingerprint density at radius 2 is 1.91 bits per heavy atom. The first kappa shape index (κ1) is 17.5. The lowest BCUT2D eigenvalue weighted by molar-refractivity contribution is -0.124. The second-order valence-electron chi connectivity index (χ2n) is 7.25. The Labute approximate surface area is 138 Å². The number of amides is 2. The van der Waals surface area contributed by atoms with Crippen molar-refractivity contribution in [3.63, 3.8) is 0 Å². The maximum atomic E-state index is 12.6. The van der Waals surface area contributed by atoms with Crippen LogP contribution >= 0.6 is 0 Å². The smallest absolute Gasteiger partial charge is 0.241 e. The van der Waals surface area contributed by atoms with Crippen molar-refractivity contribution in [2.45, 2.75) is 39.2 Å². The second kappa shape index (κ2) is 7.13. The van der Waals surface area contributed by atoms with Crippen molar-refractivity contribution in [3.8, 4) is 0 Å². The number of anilines is 1. The SMILES string of the molecule is CN(CC(=O)NC(C)(C)C)CC(=O)N1CCCc2ccccc21. The molecule has 0 aliphatic carbocycles. The highest BCUT2D eigenvalue weighted by atomic mass is 16.2. The first-order valence-electron chi connectivity index (χ1n) is 8.14. The van der Waals surface area contributed by atoms with E-state index in [9.17, 15) is 9.59 Å². The molecule has 0 atom stereocenters. The fourth-order valence-corrected chi connectivity index (χ4v) is 2.87. The molecule has 0 saturated carbocycles. The molecular formula is C18H27N3O2. The lowest BCUT2D eigenvalue weighted by atomic mass is 10.0. The highest BCUT2D eigenvalue weighted by molar-refractivity contribution is 5.96. The highest BCUT2D eigenvalue weighted by Gasteiger charge is 2.23.